The number of fused-ring (bicyclic) bond motifs is 2. The zero-order valence-electron chi connectivity index (χ0n) is 11.5. The number of nitro groups is 2. The highest BCUT2D eigenvalue weighted by Gasteiger charge is 2.39. The molecule has 2 aliphatic rings. The number of benzene rings is 1. The molecule has 2 saturated carbocycles. The summed E-state index contributed by atoms with van der Waals surface area (Å²) >= 11 is 0. The van der Waals surface area contributed by atoms with Crippen LogP contribution in [0.3, 0.4) is 0 Å². The standard InChI is InChI=1S/C14H17N3O4/c18-16(19)12-4-3-11(14(7-12)17(20)21)8-15-13-6-9-1-2-10(13)5-9/h3-4,7,9-10,13,15H,1-2,5-6,8H2. The van der Waals surface area contributed by atoms with Gasteiger partial charge in [-0.3, -0.25) is 20.2 Å². The molecule has 3 atom stereocenters. The maximum atomic E-state index is 11.1. The third-order valence-corrected chi connectivity index (χ3v) is 4.77. The van der Waals surface area contributed by atoms with Crippen LogP contribution in [-0.2, 0) is 6.54 Å². The molecule has 0 saturated heterocycles. The molecule has 0 aliphatic heterocycles. The van der Waals surface area contributed by atoms with Crippen molar-refractivity contribution in [3.05, 3.63) is 44.0 Å². The van der Waals surface area contributed by atoms with Gasteiger partial charge in [0.25, 0.3) is 11.4 Å². The Morgan fingerprint density at radius 2 is 1.95 bits per heavy atom. The third-order valence-electron chi connectivity index (χ3n) is 4.77. The average molecular weight is 291 g/mol. The van der Waals surface area contributed by atoms with Crippen LogP contribution in [0, 0.1) is 32.1 Å². The number of nitro benzene ring substituents is 2. The number of hydrogen-bond donors (Lipinski definition) is 1. The van der Waals surface area contributed by atoms with Gasteiger partial charge in [-0.1, -0.05) is 6.42 Å². The van der Waals surface area contributed by atoms with Gasteiger partial charge in [-0.05, 0) is 37.2 Å². The molecule has 21 heavy (non-hydrogen) atoms. The van der Waals surface area contributed by atoms with E-state index >= 15 is 0 Å². The fourth-order valence-corrected chi connectivity index (χ4v) is 3.72. The van der Waals surface area contributed by atoms with Crippen molar-refractivity contribution in [1.29, 1.82) is 0 Å². The highest BCUT2D eigenvalue weighted by Crippen LogP contribution is 2.44. The SMILES string of the molecule is O=[N+]([O-])c1ccc(CNC2CC3CCC2C3)c([N+](=O)[O-])c1. The maximum Gasteiger partial charge on any atom is 0.280 e. The van der Waals surface area contributed by atoms with E-state index in [1.165, 1.54) is 31.4 Å². The van der Waals surface area contributed by atoms with Gasteiger partial charge >= 0.3 is 0 Å². The molecule has 0 radical (unpaired) electrons. The number of hydrogen-bond acceptors (Lipinski definition) is 5. The van der Waals surface area contributed by atoms with Crippen molar-refractivity contribution < 1.29 is 9.85 Å². The van der Waals surface area contributed by atoms with E-state index in [1.807, 2.05) is 0 Å². The van der Waals surface area contributed by atoms with Crippen LogP contribution < -0.4 is 5.32 Å². The Kier molecular flexibility index (Phi) is 3.59. The number of nitrogens with zero attached hydrogens (tertiary/aromatic N) is 2. The monoisotopic (exact) mass is 291 g/mol. The second kappa shape index (κ2) is 5.40. The topological polar surface area (TPSA) is 98.3 Å². The van der Waals surface area contributed by atoms with Crippen LogP contribution in [-0.4, -0.2) is 15.9 Å². The summed E-state index contributed by atoms with van der Waals surface area (Å²) in [6.45, 7) is 0.391. The maximum absolute atomic E-state index is 11.1. The molecule has 0 amide bonds. The van der Waals surface area contributed by atoms with Crippen LogP contribution >= 0.6 is 0 Å². The lowest BCUT2D eigenvalue weighted by atomic mass is 9.95. The number of rotatable bonds is 5. The van der Waals surface area contributed by atoms with Gasteiger partial charge in [0.1, 0.15) is 0 Å². The van der Waals surface area contributed by atoms with Crippen molar-refractivity contribution >= 4 is 11.4 Å². The van der Waals surface area contributed by atoms with Crippen molar-refractivity contribution in [3.8, 4) is 0 Å². The van der Waals surface area contributed by atoms with Crippen LogP contribution in [0.1, 0.15) is 31.2 Å². The summed E-state index contributed by atoms with van der Waals surface area (Å²) in [6.07, 6.45) is 4.96. The Bertz CT molecular complexity index is 590. The van der Waals surface area contributed by atoms with Gasteiger partial charge in [0.05, 0.1) is 15.9 Å². The van der Waals surface area contributed by atoms with Gasteiger partial charge in [-0.25, -0.2) is 0 Å². The number of nitrogens with one attached hydrogen (secondary N) is 1. The molecule has 3 rings (SSSR count). The summed E-state index contributed by atoms with van der Waals surface area (Å²) in [5, 5.41) is 25.2. The van der Waals surface area contributed by atoms with E-state index in [0.717, 1.165) is 18.4 Å². The zero-order valence-corrected chi connectivity index (χ0v) is 11.5. The largest absolute Gasteiger partial charge is 0.309 e. The van der Waals surface area contributed by atoms with E-state index in [-0.39, 0.29) is 11.4 Å². The Labute approximate surface area is 121 Å². The molecule has 1 aromatic rings. The molecule has 2 bridgehead atoms. The average Bonchev–Trinajstić information content (AvgIpc) is 3.07. The lowest BCUT2D eigenvalue weighted by molar-refractivity contribution is -0.394. The highest BCUT2D eigenvalue weighted by molar-refractivity contribution is 5.49. The Hall–Kier alpha value is -2.02. The van der Waals surface area contributed by atoms with Gasteiger partial charge in [0, 0.05) is 24.2 Å². The van der Waals surface area contributed by atoms with E-state index in [9.17, 15) is 20.2 Å². The van der Waals surface area contributed by atoms with Gasteiger partial charge in [-0.15, -0.1) is 0 Å². The van der Waals surface area contributed by atoms with Gasteiger partial charge in [-0.2, -0.15) is 0 Å². The second-order valence-corrected chi connectivity index (χ2v) is 5.99. The van der Waals surface area contributed by atoms with Crippen LogP contribution in [0.5, 0.6) is 0 Å². The third kappa shape index (κ3) is 2.73. The van der Waals surface area contributed by atoms with Gasteiger partial charge < -0.3 is 5.32 Å². The Balaban J connectivity index is 1.72. The molecule has 112 valence electrons. The fraction of sp³-hybridized carbons (Fsp3) is 0.571. The molecule has 3 unspecified atom stereocenters. The summed E-state index contributed by atoms with van der Waals surface area (Å²) in [6, 6.07) is 4.28. The summed E-state index contributed by atoms with van der Waals surface area (Å²) in [5.74, 6) is 1.49. The minimum Gasteiger partial charge on any atom is -0.309 e. The van der Waals surface area contributed by atoms with Crippen molar-refractivity contribution in [2.45, 2.75) is 38.3 Å². The first-order valence-corrected chi connectivity index (χ1v) is 7.19. The minimum absolute atomic E-state index is 0.181. The second-order valence-electron chi connectivity index (χ2n) is 5.99. The summed E-state index contributed by atoms with van der Waals surface area (Å²) in [5.41, 5.74) is 0.0820. The first-order chi connectivity index (χ1) is 10.0. The van der Waals surface area contributed by atoms with Crippen molar-refractivity contribution in [2.75, 3.05) is 0 Å². The predicted octanol–water partition coefficient (Wildman–Crippen LogP) is 2.78. The van der Waals surface area contributed by atoms with E-state index in [0.29, 0.717) is 24.1 Å². The van der Waals surface area contributed by atoms with Crippen LogP contribution in [0.2, 0.25) is 0 Å². The molecule has 2 aliphatic carbocycles. The molecule has 0 heterocycles. The summed E-state index contributed by atoms with van der Waals surface area (Å²) < 4.78 is 0. The highest BCUT2D eigenvalue weighted by atomic mass is 16.6. The molecule has 0 aromatic heterocycles. The Morgan fingerprint density at radius 1 is 1.14 bits per heavy atom. The fourth-order valence-electron chi connectivity index (χ4n) is 3.72. The molecule has 1 aromatic carbocycles. The lowest BCUT2D eigenvalue weighted by Gasteiger charge is -2.22. The molecule has 7 heteroatoms. The van der Waals surface area contributed by atoms with Crippen molar-refractivity contribution in [1.82, 2.24) is 5.32 Å². The first kappa shape index (κ1) is 13.9. The molecule has 2 fully saturated rings. The number of non-ortho nitro benzene ring substituents is 1. The predicted molar refractivity (Wildman–Crippen MR) is 75.8 cm³/mol. The van der Waals surface area contributed by atoms with Crippen LogP contribution in [0.4, 0.5) is 11.4 Å². The quantitative estimate of drug-likeness (QED) is 0.664. The Morgan fingerprint density at radius 3 is 2.52 bits per heavy atom. The van der Waals surface area contributed by atoms with Crippen molar-refractivity contribution in [3.63, 3.8) is 0 Å². The van der Waals surface area contributed by atoms with Gasteiger partial charge in [0.15, 0.2) is 0 Å². The molecule has 0 spiro atoms. The van der Waals surface area contributed by atoms with E-state index in [2.05, 4.69) is 5.32 Å². The van der Waals surface area contributed by atoms with Crippen LogP contribution in [0.25, 0.3) is 0 Å². The van der Waals surface area contributed by atoms with Crippen molar-refractivity contribution in [2.24, 2.45) is 11.8 Å². The normalized spacial score (nSPS) is 27.0. The molecular weight excluding hydrogens is 274 g/mol. The molecule has 1 N–H and O–H groups in total. The smallest absolute Gasteiger partial charge is 0.280 e. The van der Waals surface area contributed by atoms with Gasteiger partial charge in [0.2, 0.25) is 0 Å². The minimum atomic E-state index is -0.611. The van der Waals surface area contributed by atoms with E-state index in [4.69, 9.17) is 0 Å². The first-order valence-electron chi connectivity index (χ1n) is 7.19. The van der Waals surface area contributed by atoms with E-state index in [1.54, 1.807) is 0 Å². The van der Waals surface area contributed by atoms with Crippen LogP contribution in [0.15, 0.2) is 18.2 Å². The summed E-state index contributed by atoms with van der Waals surface area (Å²) in [7, 11) is 0. The summed E-state index contributed by atoms with van der Waals surface area (Å²) in [4.78, 5) is 20.6. The lowest BCUT2D eigenvalue weighted by Crippen LogP contribution is -2.33. The van der Waals surface area contributed by atoms with E-state index < -0.39 is 9.85 Å². The molecular formula is C14H17N3O4. The zero-order chi connectivity index (χ0) is 15.0. The molecule has 7 nitrogen and oxygen atoms in total.